The fraction of sp³-hybridized carbons (Fsp3) is 0.500. The topological polar surface area (TPSA) is 57.5 Å². The lowest BCUT2D eigenvalue weighted by Gasteiger charge is -1.94. The van der Waals surface area contributed by atoms with Gasteiger partial charge < -0.3 is 10.2 Å². The van der Waals surface area contributed by atoms with Gasteiger partial charge in [0.25, 0.3) is 0 Å². The Morgan fingerprint density at radius 3 is 2.60 bits per heavy atom. The maximum Gasteiger partial charge on any atom is 0.331 e. The van der Waals surface area contributed by atoms with E-state index >= 15 is 0 Å². The van der Waals surface area contributed by atoms with Gasteiger partial charge in [0, 0.05) is 12.2 Å². The second-order valence-electron chi connectivity index (χ2n) is 1.72. The van der Waals surface area contributed by atoms with Crippen molar-refractivity contribution in [1.82, 2.24) is 0 Å². The van der Waals surface area contributed by atoms with Crippen LogP contribution in [0.15, 0.2) is 11.8 Å². The number of carbonyl (C=O) groups is 1. The molecule has 4 heteroatoms. The molecule has 0 heterocycles. The molecule has 0 aromatic carbocycles. The maximum absolute atomic E-state index is 9.93. The van der Waals surface area contributed by atoms with Crippen molar-refractivity contribution in [2.24, 2.45) is 0 Å². The number of allylic oxidation sites excluding steroid dienone is 1. The van der Waals surface area contributed by atoms with Crippen molar-refractivity contribution in [2.75, 3.05) is 12.0 Å². The molecule has 0 aliphatic rings. The summed E-state index contributed by atoms with van der Waals surface area (Å²) in [5.74, 6) is -0.421. The van der Waals surface area contributed by atoms with Gasteiger partial charge in [0.1, 0.15) is 5.76 Å². The van der Waals surface area contributed by atoms with Crippen LogP contribution >= 0.6 is 11.8 Å². The van der Waals surface area contributed by atoms with E-state index in [0.717, 1.165) is 11.8 Å². The number of aliphatic hydroxyl groups excluding tert-OH is 1. The smallest absolute Gasteiger partial charge is 0.331 e. The predicted molar refractivity (Wildman–Crippen MR) is 41.3 cm³/mol. The molecule has 0 saturated heterocycles. The summed E-state index contributed by atoms with van der Waals surface area (Å²) in [5.41, 5.74) is 0. The number of hydrogen-bond acceptors (Lipinski definition) is 3. The van der Waals surface area contributed by atoms with Gasteiger partial charge in [-0.1, -0.05) is 0 Å². The lowest BCUT2D eigenvalue weighted by Crippen LogP contribution is -1.92. The Morgan fingerprint density at radius 2 is 2.20 bits per heavy atom. The van der Waals surface area contributed by atoms with Crippen LogP contribution in [0.25, 0.3) is 0 Å². The Hall–Kier alpha value is -0.640. The van der Waals surface area contributed by atoms with Gasteiger partial charge in [-0.2, -0.15) is 11.8 Å². The number of rotatable bonds is 4. The zero-order valence-corrected chi connectivity index (χ0v) is 6.52. The quantitative estimate of drug-likeness (QED) is 0.482. The van der Waals surface area contributed by atoms with E-state index in [9.17, 15) is 4.79 Å². The first-order chi connectivity index (χ1) is 4.66. The Balaban J connectivity index is 3.60. The molecule has 0 amide bonds. The van der Waals surface area contributed by atoms with Crippen LogP contribution in [0.3, 0.4) is 0 Å². The highest BCUT2D eigenvalue weighted by Gasteiger charge is 1.95. The zero-order chi connectivity index (χ0) is 7.98. The largest absolute Gasteiger partial charge is 0.512 e. The first-order valence-electron chi connectivity index (χ1n) is 2.78. The van der Waals surface area contributed by atoms with Crippen molar-refractivity contribution >= 4 is 17.7 Å². The molecule has 58 valence electrons. The first kappa shape index (κ1) is 9.36. The third-order valence-corrected chi connectivity index (χ3v) is 1.46. The predicted octanol–water partition coefficient (Wildman–Crippen LogP) is 1.27. The van der Waals surface area contributed by atoms with Crippen LogP contribution in [0.2, 0.25) is 0 Å². The minimum Gasteiger partial charge on any atom is -0.512 e. The van der Waals surface area contributed by atoms with Crippen LogP contribution in [-0.2, 0) is 4.79 Å². The third-order valence-electron chi connectivity index (χ3n) is 0.852. The lowest BCUT2D eigenvalue weighted by molar-refractivity contribution is -0.131. The number of hydrogen-bond donors (Lipinski definition) is 2. The molecule has 0 aliphatic heterocycles. The fourth-order valence-corrected chi connectivity index (χ4v) is 0.835. The summed E-state index contributed by atoms with van der Waals surface area (Å²) >= 11 is 1.56. The Bertz CT molecular complexity index is 142. The number of aliphatic carboxylic acids is 1. The number of carboxylic acids is 1. The Morgan fingerprint density at radius 1 is 1.60 bits per heavy atom. The summed E-state index contributed by atoms with van der Waals surface area (Å²) in [6, 6.07) is 0. The van der Waals surface area contributed by atoms with Crippen LogP contribution in [0.5, 0.6) is 0 Å². The van der Waals surface area contributed by atoms with E-state index in [1.807, 2.05) is 6.26 Å². The number of carboxylic acid groups (broad SMARTS) is 1. The molecule has 0 fully saturated rings. The summed E-state index contributed by atoms with van der Waals surface area (Å²) < 4.78 is 0. The van der Waals surface area contributed by atoms with Gasteiger partial charge in [-0.15, -0.1) is 0 Å². The summed E-state index contributed by atoms with van der Waals surface area (Å²) in [7, 11) is 0. The molecular weight excluding hydrogens is 152 g/mol. The molecule has 0 unspecified atom stereocenters. The van der Waals surface area contributed by atoms with Crippen LogP contribution in [0.4, 0.5) is 0 Å². The van der Waals surface area contributed by atoms with Crippen LogP contribution in [0.1, 0.15) is 6.42 Å². The van der Waals surface area contributed by atoms with Gasteiger partial charge in [0.05, 0.1) is 6.08 Å². The molecule has 0 aliphatic carbocycles. The monoisotopic (exact) mass is 162 g/mol. The summed E-state index contributed by atoms with van der Waals surface area (Å²) in [5, 5.41) is 17.0. The van der Waals surface area contributed by atoms with E-state index in [-0.39, 0.29) is 5.76 Å². The third kappa shape index (κ3) is 5.50. The molecule has 0 aromatic rings. The molecule has 3 nitrogen and oxygen atoms in total. The normalized spacial score (nSPS) is 11.5. The molecule has 0 spiro atoms. The SMILES string of the molecule is CSCC/C(O)=C/C(=O)O. The average molecular weight is 162 g/mol. The average Bonchev–Trinajstić information content (AvgIpc) is 1.82. The minimum atomic E-state index is -1.10. The van der Waals surface area contributed by atoms with E-state index < -0.39 is 5.97 Å². The maximum atomic E-state index is 9.93. The van der Waals surface area contributed by atoms with Crippen molar-refractivity contribution in [2.45, 2.75) is 6.42 Å². The van der Waals surface area contributed by atoms with Gasteiger partial charge in [-0.3, -0.25) is 0 Å². The van der Waals surface area contributed by atoms with Gasteiger partial charge in [-0.05, 0) is 6.26 Å². The van der Waals surface area contributed by atoms with Crippen LogP contribution in [-0.4, -0.2) is 28.2 Å². The van der Waals surface area contributed by atoms with Gasteiger partial charge in [0.2, 0.25) is 0 Å². The summed E-state index contributed by atoms with van der Waals surface area (Å²) in [6.07, 6.45) is 3.14. The van der Waals surface area contributed by atoms with Crippen molar-refractivity contribution in [3.05, 3.63) is 11.8 Å². The van der Waals surface area contributed by atoms with Crippen molar-refractivity contribution in [3.63, 3.8) is 0 Å². The summed E-state index contributed by atoms with van der Waals surface area (Å²) in [4.78, 5) is 9.93. The molecule has 2 N–H and O–H groups in total. The molecule has 0 bridgehead atoms. The summed E-state index contributed by atoms with van der Waals surface area (Å²) in [6.45, 7) is 0. The Labute approximate surface area is 63.7 Å². The van der Waals surface area contributed by atoms with E-state index in [2.05, 4.69) is 0 Å². The minimum absolute atomic E-state index is 0.0677. The van der Waals surface area contributed by atoms with Crippen LogP contribution in [0, 0.1) is 0 Å². The number of aliphatic hydroxyl groups is 1. The van der Waals surface area contributed by atoms with E-state index in [0.29, 0.717) is 6.42 Å². The van der Waals surface area contributed by atoms with Gasteiger partial charge in [0.15, 0.2) is 0 Å². The van der Waals surface area contributed by atoms with E-state index in [1.54, 1.807) is 11.8 Å². The second kappa shape index (κ2) is 5.17. The molecule has 0 saturated carbocycles. The molecular formula is C6H10O3S. The highest BCUT2D eigenvalue weighted by molar-refractivity contribution is 7.98. The molecule has 0 rings (SSSR count). The molecule has 10 heavy (non-hydrogen) atoms. The van der Waals surface area contributed by atoms with Gasteiger partial charge in [-0.25, -0.2) is 4.79 Å². The van der Waals surface area contributed by atoms with Crippen molar-refractivity contribution < 1.29 is 15.0 Å². The Kier molecular flexibility index (Phi) is 4.84. The molecule has 0 atom stereocenters. The molecule has 0 aromatic heterocycles. The second-order valence-corrected chi connectivity index (χ2v) is 2.70. The molecule has 0 radical (unpaired) electrons. The fourth-order valence-electron chi connectivity index (χ4n) is 0.421. The van der Waals surface area contributed by atoms with E-state index in [4.69, 9.17) is 10.2 Å². The lowest BCUT2D eigenvalue weighted by atomic mass is 10.3. The number of thioether (sulfide) groups is 1. The van der Waals surface area contributed by atoms with Gasteiger partial charge >= 0.3 is 5.97 Å². The van der Waals surface area contributed by atoms with Crippen LogP contribution < -0.4 is 0 Å². The standard InChI is InChI=1S/C6H10O3S/c1-10-3-2-5(7)4-6(8)9/h4,7H,2-3H2,1H3,(H,8,9)/b5-4-. The first-order valence-corrected chi connectivity index (χ1v) is 4.17. The highest BCUT2D eigenvalue weighted by Crippen LogP contribution is 2.02. The van der Waals surface area contributed by atoms with Crippen molar-refractivity contribution in [3.8, 4) is 0 Å². The highest BCUT2D eigenvalue weighted by atomic mass is 32.2. The van der Waals surface area contributed by atoms with E-state index in [1.165, 1.54) is 0 Å². The zero-order valence-electron chi connectivity index (χ0n) is 5.70. The van der Waals surface area contributed by atoms with Crippen molar-refractivity contribution in [1.29, 1.82) is 0 Å².